The van der Waals surface area contributed by atoms with Crippen LogP contribution in [0.25, 0.3) is 0 Å². The van der Waals surface area contributed by atoms with E-state index in [9.17, 15) is 19.0 Å². The van der Waals surface area contributed by atoms with Gasteiger partial charge in [-0.15, -0.1) is 0 Å². The molecule has 0 heterocycles. The summed E-state index contributed by atoms with van der Waals surface area (Å²) in [7, 11) is -4.35. The molecule has 1 unspecified atom stereocenters. The molecule has 3 N–H and O–H groups in total. The van der Waals surface area contributed by atoms with E-state index in [4.69, 9.17) is 24.3 Å². The highest BCUT2D eigenvalue weighted by molar-refractivity contribution is 7.47. The summed E-state index contributed by atoms with van der Waals surface area (Å²) in [5, 5.41) is 0. The Hall–Kier alpha value is -0.990. The van der Waals surface area contributed by atoms with Gasteiger partial charge in [-0.25, -0.2) is 4.57 Å². The van der Waals surface area contributed by atoms with Crippen LogP contribution in [0.15, 0.2) is 0 Å². The van der Waals surface area contributed by atoms with Gasteiger partial charge in [-0.1, -0.05) is 156 Å². The topological polar surface area (TPSA) is 134 Å². The molecule has 45 heavy (non-hydrogen) atoms. The molecule has 270 valence electrons. The van der Waals surface area contributed by atoms with Crippen LogP contribution < -0.4 is 5.73 Å². The van der Waals surface area contributed by atoms with Gasteiger partial charge in [0.1, 0.15) is 6.61 Å². The van der Waals surface area contributed by atoms with Crippen LogP contribution in [0.1, 0.15) is 182 Å². The highest BCUT2D eigenvalue weighted by Gasteiger charge is 2.25. The molecular weight excluding hydrogens is 593 g/mol. The maximum absolute atomic E-state index is 12.4. The largest absolute Gasteiger partial charge is 0.472 e. The second-order valence-electron chi connectivity index (χ2n) is 11.8. The maximum Gasteiger partial charge on any atom is 0.472 e. The minimum atomic E-state index is -4.35. The van der Waals surface area contributed by atoms with Gasteiger partial charge in [0.2, 0.25) is 0 Å². The summed E-state index contributed by atoms with van der Waals surface area (Å²) in [5.41, 5.74) is 5.31. The van der Waals surface area contributed by atoms with E-state index in [1.54, 1.807) is 0 Å². The monoisotopic (exact) mass is 665 g/mol. The van der Waals surface area contributed by atoms with Gasteiger partial charge in [0.15, 0.2) is 6.10 Å². The molecule has 2 atom stereocenters. The molecule has 0 aliphatic carbocycles. The summed E-state index contributed by atoms with van der Waals surface area (Å²) in [6, 6.07) is 0. The molecule has 9 nitrogen and oxygen atoms in total. The zero-order chi connectivity index (χ0) is 33.9. The Bertz CT molecular complexity index is 695. The molecule has 0 aliphatic heterocycles. The first-order chi connectivity index (χ1) is 21.8. The van der Waals surface area contributed by atoms with Crippen LogP contribution in [0.3, 0.4) is 0 Å². The number of phosphoric acid groups is 1. The van der Waals surface area contributed by atoms with Gasteiger partial charge in [-0.2, -0.15) is 0 Å². The minimum Gasteiger partial charge on any atom is -0.462 e. The predicted octanol–water partition coefficient (Wildman–Crippen LogP) is 9.96. The molecule has 0 amide bonds. The second kappa shape index (κ2) is 35.9. The minimum absolute atomic E-state index is 0.0574. The molecular formula is C35H72NO8P. The molecule has 0 aromatic heterocycles. The SMILES string of the molecule is CC.CCCCCCCCCCCCCCCC(=O)OC[C@H](COP(=O)(O)OCCN)OC(=O)CCCCCCCCCCC. The fraction of sp³-hybridized carbons (Fsp3) is 0.943. The standard InChI is InChI=1S/C33H66NO8P.C2H6/c1-3-5-7-9-11-13-14-15-16-18-19-21-23-25-32(35)39-29-31(30-41-43(37,38)40-28-27-34)42-33(36)26-24-22-20-17-12-10-8-6-4-2;1-2/h31H,3-30,34H2,1-2H3,(H,37,38);1-2H3/t31-;/m1./s1. The van der Waals surface area contributed by atoms with E-state index in [1.807, 2.05) is 13.8 Å². The normalized spacial score (nSPS) is 13.0. The van der Waals surface area contributed by atoms with Crippen molar-refractivity contribution in [2.75, 3.05) is 26.4 Å². The molecule has 10 heteroatoms. The Morgan fingerprint density at radius 1 is 0.600 bits per heavy atom. The number of ether oxygens (including phenoxy) is 2. The number of esters is 2. The third kappa shape index (κ3) is 35.7. The van der Waals surface area contributed by atoms with E-state index in [0.29, 0.717) is 6.42 Å². The predicted molar refractivity (Wildman–Crippen MR) is 185 cm³/mol. The van der Waals surface area contributed by atoms with E-state index in [2.05, 4.69) is 13.8 Å². The van der Waals surface area contributed by atoms with Gasteiger partial charge >= 0.3 is 19.8 Å². The Balaban J connectivity index is 0. The smallest absolute Gasteiger partial charge is 0.462 e. The quantitative estimate of drug-likeness (QED) is 0.0399. The van der Waals surface area contributed by atoms with Crippen LogP contribution in [0.4, 0.5) is 0 Å². The van der Waals surface area contributed by atoms with Gasteiger partial charge in [-0.05, 0) is 12.8 Å². The van der Waals surface area contributed by atoms with Crippen LogP contribution in [0, 0.1) is 0 Å². The summed E-state index contributed by atoms with van der Waals surface area (Å²) in [6.07, 6.45) is 25.7. The van der Waals surface area contributed by atoms with Crippen molar-refractivity contribution < 1.29 is 37.6 Å². The fourth-order valence-corrected chi connectivity index (χ4v) is 5.63. The Morgan fingerprint density at radius 2 is 0.978 bits per heavy atom. The highest BCUT2D eigenvalue weighted by atomic mass is 31.2. The highest BCUT2D eigenvalue weighted by Crippen LogP contribution is 2.43. The van der Waals surface area contributed by atoms with E-state index in [0.717, 1.165) is 32.1 Å². The number of nitrogens with two attached hydrogens (primary N) is 1. The van der Waals surface area contributed by atoms with Gasteiger partial charge in [0.25, 0.3) is 0 Å². The lowest BCUT2D eigenvalue weighted by Gasteiger charge is -2.19. The van der Waals surface area contributed by atoms with Crippen LogP contribution >= 0.6 is 7.82 Å². The van der Waals surface area contributed by atoms with Gasteiger partial charge < -0.3 is 20.1 Å². The lowest BCUT2D eigenvalue weighted by molar-refractivity contribution is -0.161. The second-order valence-corrected chi connectivity index (χ2v) is 13.2. The van der Waals surface area contributed by atoms with Crippen LogP contribution in [0.5, 0.6) is 0 Å². The van der Waals surface area contributed by atoms with Crippen molar-refractivity contribution in [1.82, 2.24) is 0 Å². The van der Waals surface area contributed by atoms with E-state index >= 15 is 0 Å². The van der Waals surface area contributed by atoms with Crippen LogP contribution in [-0.4, -0.2) is 49.3 Å². The molecule has 0 aliphatic rings. The van der Waals surface area contributed by atoms with E-state index in [-0.39, 0.29) is 38.6 Å². The third-order valence-electron chi connectivity index (χ3n) is 7.49. The number of unbranched alkanes of at least 4 members (excludes halogenated alkanes) is 20. The molecule has 0 fully saturated rings. The fourth-order valence-electron chi connectivity index (χ4n) is 4.87. The molecule has 0 aromatic rings. The number of hydrogen-bond donors (Lipinski definition) is 2. The van der Waals surface area contributed by atoms with Crippen molar-refractivity contribution in [2.24, 2.45) is 5.73 Å². The number of carbonyl (C=O) groups excluding carboxylic acids is 2. The number of carbonyl (C=O) groups is 2. The lowest BCUT2D eigenvalue weighted by atomic mass is 10.0. The van der Waals surface area contributed by atoms with Crippen molar-refractivity contribution in [3.8, 4) is 0 Å². The average molecular weight is 666 g/mol. The van der Waals surface area contributed by atoms with Crippen LogP contribution in [0.2, 0.25) is 0 Å². The summed E-state index contributed by atoms with van der Waals surface area (Å²) < 4.78 is 32.5. The number of phosphoric ester groups is 1. The Kier molecular flexibility index (Phi) is 36.8. The molecule has 0 rings (SSSR count). The van der Waals surface area contributed by atoms with Crippen molar-refractivity contribution >= 4 is 19.8 Å². The van der Waals surface area contributed by atoms with Crippen molar-refractivity contribution in [3.05, 3.63) is 0 Å². The zero-order valence-electron chi connectivity index (χ0n) is 29.7. The first-order valence-corrected chi connectivity index (χ1v) is 20.0. The molecule has 0 radical (unpaired) electrons. The van der Waals surface area contributed by atoms with Crippen molar-refractivity contribution in [3.63, 3.8) is 0 Å². The zero-order valence-corrected chi connectivity index (χ0v) is 30.6. The first kappa shape index (κ1) is 46.1. The Morgan fingerprint density at radius 3 is 1.38 bits per heavy atom. The molecule has 0 saturated carbocycles. The number of rotatable bonds is 33. The molecule has 0 aromatic carbocycles. The van der Waals surface area contributed by atoms with Crippen molar-refractivity contribution in [2.45, 2.75) is 188 Å². The average Bonchev–Trinajstić information content (AvgIpc) is 3.03. The third-order valence-corrected chi connectivity index (χ3v) is 8.48. The van der Waals surface area contributed by atoms with Crippen LogP contribution in [-0.2, 0) is 32.7 Å². The molecule has 0 spiro atoms. The summed E-state index contributed by atoms with van der Waals surface area (Å²) in [5.74, 6) is -0.825. The van der Waals surface area contributed by atoms with E-state index < -0.39 is 26.5 Å². The Labute approximate surface area is 277 Å². The lowest BCUT2D eigenvalue weighted by Crippen LogP contribution is -2.29. The van der Waals surface area contributed by atoms with Gasteiger partial charge in [0, 0.05) is 19.4 Å². The van der Waals surface area contributed by atoms with Gasteiger partial charge in [-0.3, -0.25) is 18.6 Å². The summed E-state index contributed by atoms with van der Waals surface area (Å²) in [6.45, 7) is 7.70. The van der Waals surface area contributed by atoms with E-state index in [1.165, 1.54) is 103 Å². The van der Waals surface area contributed by atoms with Gasteiger partial charge in [0.05, 0.1) is 13.2 Å². The van der Waals surface area contributed by atoms with Crippen molar-refractivity contribution in [1.29, 1.82) is 0 Å². The first-order valence-electron chi connectivity index (χ1n) is 18.5. The maximum atomic E-state index is 12.4. The summed E-state index contributed by atoms with van der Waals surface area (Å²) >= 11 is 0. The number of hydrogen-bond acceptors (Lipinski definition) is 8. The molecule has 0 saturated heterocycles. The molecule has 0 bridgehead atoms. The summed E-state index contributed by atoms with van der Waals surface area (Å²) in [4.78, 5) is 34.5.